The van der Waals surface area contributed by atoms with E-state index < -0.39 is 8.07 Å². The molecule has 194 valence electrons. The van der Waals surface area contributed by atoms with Gasteiger partial charge in [0.15, 0.2) is 0 Å². The van der Waals surface area contributed by atoms with Crippen LogP contribution < -0.4 is 26.5 Å². The predicted octanol–water partition coefficient (Wildman–Crippen LogP) is 4.70. The second kappa shape index (κ2) is 10.9. The predicted molar refractivity (Wildman–Crippen MR) is 160 cm³/mol. The number of benzene rings is 1. The quantitative estimate of drug-likeness (QED) is 0.323. The van der Waals surface area contributed by atoms with E-state index in [1.807, 2.05) is 0 Å². The molecular weight excluding hydrogens is 470 g/mol. The van der Waals surface area contributed by atoms with Gasteiger partial charge in [-0.15, -0.1) is 9.24 Å². The number of rotatable bonds is 6. The molecule has 34 heavy (non-hydrogen) atoms. The van der Waals surface area contributed by atoms with Crippen LogP contribution in [0.3, 0.4) is 0 Å². The summed E-state index contributed by atoms with van der Waals surface area (Å²) in [5, 5.41) is 17.4. The van der Waals surface area contributed by atoms with Crippen molar-refractivity contribution in [3.05, 3.63) is 29.3 Å². The van der Waals surface area contributed by atoms with Crippen LogP contribution in [0.4, 0.5) is 0 Å². The smallest absolute Gasteiger partial charge is 0.0776 e. The lowest BCUT2D eigenvalue weighted by Gasteiger charge is -2.49. The summed E-state index contributed by atoms with van der Waals surface area (Å²) < 4.78 is 0. The maximum Gasteiger partial charge on any atom is 0.0776 e. The lowest BCUT2D eigenvalue weighted by atomic mass is 9.86. The molecule has 1 aromatic rings. The highest BCUT2D eigenvalue weighted by Crippen LogP contribution is 2.62. The van der Waals surface area contributed by atoms with Gasteiger partial charge in [-0.3, -0.25) is 0 Å². The van der Waals surface area contributed by atoms with Crippen LogP contribution in [0, 0.1) is 0 Å². The monoisotopic (exact) mass is 522 g/mol. The summed E-state index contributed by atoms with van der Waals surface area (Å²) in [4.78, 5) is 0. The molecule has 0 spiro atoms. The average molecular weight is 523 g/mol. The Hall–Kier alpha value is 0.137. The van der Waals surface area contributed by atoms with Crippen molar-refractivity contribution in [2.75, 3.05) is 26.2 Å². The fourth-order valence-electron chi connectivity index (χ4n) is 5.69. The Morgan fingerprint density at radius 3 is 1.65 bits per heavy atom. The first-order valence-corrected chi connectivity index (χ1v) is 18.9. The molecule has 4 N–H and O–H groups in total. The molecule has 2 saturated heterocycles. The van der Waals surface area contributed by atoms with Crippen molar-refractivity contribution in [2.45, 2.75) is 108 Å². The molecule has 2 heterocycles. The van der Waals surface area contributed by atoms with Gasteiger partial charge in [0.25, 0.3) is 0 Å². The van der Waals surface area contributed by atoms with Crippen molar-refractivity contribution in [2.24, 2.45) is 0 Å². The van der Waals surface area contributed by atoms with Gasteiger partial charge in [0.05, 0.1) is 25.6 Å². The van der Waals surface area contributed by atoms with E-state index in [0.717, 1.165) is 26.2 Å². The van der Waals surface area contributed by atoms with Crippen LogP contribution in [0.2, 0.25) is 19.6 Å². The van der Waals surface area contributed by atoms with Crippen molar-refractivity contribution in [3.8, 4) is 0 Å². The molecule has 0 aromatic heterocycles. The first kappa shape index (κ1) is 28.7. The summed E-state index contributed by atoms with van der Waals surface area (Å²) in [5.74, 6) is 0. The summed E-state index contributed by atoms with van der Waals surface area (Å²) in [6.45, 7) is 26.4. The topological polar surface area (TPSA) is 48.1 Å². The van der Waals surface area contributed by atoms with Crippen LogP contribution in [0.5, 0.6) is 0 Å². The molecule has 1 aromatic carbocycles. The number of nitrogens with one attached hydrogen (secondary N) is 4. The fraction of sp³-hybridized carbons (Fsp3) is 0.778. The Balaban J connectivity index is 2.19. The van der Waals surface area contributed by atoms with Crippen molar-refractivity contribution < 1.29 is 0 Å². The molecule has 1 atom stereocenters. The average Bonchev–Trinajstić information content (AvgIpc) is 2.76. The van der Waals surface area contributed by atoms with E-state index in [4.69, 9.17) is 0 Å². The molecule has 0 amide bonds. The highest BCUT2D eigenvalue weighted by molar-refractivity contribution is 7.60. The van der Waals surface area contributed by atoms with Gasteiger partial charge in [-0.25, -0.2) is 0 Å². The standard InChI is InChI=1S/C27H52N4P2Si/c1-25(2,3)33(26(4,5)6)19-20-12-13-21(34(7,8)9)18-22(20)27(32,23-28-14-10-15-29-23)24-30-16-11-17-31-24/h12-13,18,23-24,28-31H,10-11,14-17,19,32H2,1-9H3. The normalized spacial score (nSPS) is 20.2. The molecule has 0 radical (unpaired) electrons. The van der Waals surface area contributed by atoms with E-state index in [9.17, 15) is 0 Å². The van der Waals surface area contributed by atoms with Crippen molar-refractivity contribution in [1.29, 1.82) is 0 Å². The summed E-state index contributed by atoms with van der Waals surface area (Å²) in [6, 6.07) is 7.56. The van der Waals surface area contributed by atoms with Gasteiger partial charge in [0.1, 0.15) is 0 Å². The minimum Gasteiger partial charge on any atom is -0.301 e. The lowest BCUT2D eigenvalue weighted by molar-refractivity contribution is 0.206. The first-order valence-electron chi connectivity index (χ1n) is 13.3. The lowest BCUT2D eigenvalue weighted by Crippen LogP contribution is -2.69. The molecule has 2 aliphatic heterocycles. The van der Waals surface area contributed by atoms with Crippen molar-refractivity contribution in [1.82, 2.24) is 21.3 Å². The van der Waals surface area contributed by atoms with E-state index >= 15 is 0 Å². The highest BCUT2D eigenvalue weighted by atomic mass is 31.1. The molecule has 4 nitrogen and oxygen atoms in total. The van der Waals surface area contributed by atoms with E-state index in [1.54, 1.807) is 5.19 Å². The maximum atomic E-state index is 3.86. The van der Waals surface area contributed by atoms with Gasteiger partial charge in [-0.05, 0) is 66.6 Å². The van der Waals surface area contributed by atoms with Gasteiger partial charge in [-0.1, -0.05) is 92.5 Å². The van der Waals surface area contributed by atoms with E-state index in [1.165, 1.54) is 30.1 Å². The molecule has 3 rings (SSSR count). The molecule has 7 heteroatoms. The minimum absolute atomic E-state index is 0.178. The third-order valence-corrected chi connectivity index (χ3v) is 14.4. The molecule has 2 aliphatic rings. The van der Waals surface area contributed by atoms with Crippen molar-refractivity contribution >= 4 is 30.4 Å². The molecule has 0 saturated carbocycles. The second-order valence-corrected chi connectivity index (χ2v) is 23.3. The van der Waals surface area contributed by atoms with Crippen LogP contribution >= 0.6 is 17.2 Å². The van der Waals surface area contributed by atoms with Crippen LogP contribution in [0.25, 0.3) is 0 Å². The van der Waals surface area contributed by atoms with Gasteiger partial charge < -0.3 is 21.3 Å². The Morgan fingerprint density at radius 1 is 0.824 bits per heavy atom. The second-order valence-electron chi connectivity index (χ2n) is 13.4. The molecule has 1 unspecified atom stereocenters. The van der Waals surface area contributed by atoms with Gasteiger partial charge in [0, 0.05) is 0 Å². The summed E-state index contributed by atoms with van der Waals surface area (Å²) in [7, 11) is 1.66. The zero-order chi connectivity index (χ0) is 25.4. The molecule has 0 aliphatic carbocycles. The third-order valence-electron chi connectivity index (χ3n) is 7.45. The number of hydrogen-bond donors (Lipinski definition) is 4. The SMILES string of the molecule is CC(C)(C)P(Cc1ccc([Si](C)(C)C)cc1C(P)(C1NCCCN1)C1NCCCN1)C(C)(C)C. The minimum atomic E-state index is -1.46. The maximum absolute atomic E-state index is 3.86. The molecular formula is C27H52N4P2Si. The first-order chi connectivity index (χ1) is 15.6. The summed E-state index contributed by atoms with van der Waals surface area (Å²) in [6.07, 6.45) is 3.95. The van der Waals surface area contributed by atoms with Crippen LogP contribution in [-0.2, 0) is 11.3 Å². The Bertz CT molecular complexity index is 781. The third kappa shape index (κ3) is 6.52. The largest absolute Gasteiger partial charge is 0.301 e. The van der Waals surface area contributed by atoms with E-state index in [-0.39, 0.29) is 25.4 Å². The van der Waals surface area contributed by atoms with E-state index in [2.05, 4.69) is 110 Å². The van der Waals surface area contributed by atoms with Crippen LogP contribution in [0.1, 0.15) is 65.5 Å². The zero-order valence-corrected chi connectivity index (χ0v) is 26.4. The summed E-state index contributed by atoms with van der Waals surface area (Å²) in [5.41, 5.74) is 3.05. The van der Waals surface area contributed by atoms with Gasteiger partial charge >= 0.3 is 0 Å². The van der Waals surface area contributed by atoms with Gasteiger partial charge in [0.2, 0.25) is 0 Å². The van der Waals surface area contributed by atoms with Crippen molar-refractivity contribution in [3.63, 3.8) is 0 Å². The fourth-order valence-corrected chi connectivity index (χ4v) is 11.2. The Labute approximate surface area is 214 Å². The Morgan fingerprint density at radius 2 is 1.26 bits per heavy atom. The molecule has 0 bridgehead atoms. The molecule has 2 fully saturated rings. The Kier molecular flexibility index (Phi) is 9.17. The highest BCUT2D eigenvalue weighted by Gasteiger charge is 2.46. The zero-order valence-electron chi connectivity index (χ0n) is 23.4. The van der Waals surface area contributed by atoms with Crippen LogP contribution in [0.15, 0.2) is 18.2 Å². The summed E-state index contributed by atoms with van der Waals surface area (Å²) >= 11 is 0. The number of hydrogen-bond acceptors (Lipinski definition) is 4. The van der Waals surface area contributed by atoms with E-state index in [0.29, 0.717) is 10.3 Å². The van der Waals surface area contributed by atoms with Gasteiger partial charge in [-0.2, -0.15) is 0 Å². The van der Waals surface area contributed by atoms with Crippen LogP contribution in [-0.4, -0.2) is 56.9 Å².